The number of unbranched alkanes of at least 4 members (excludes halogenated alkanes) is 7. The van der Waals surface area contributed by atoms with Gasteiger partial charge in [-0.05, 0) is 43.9 Å². The van der Waals surface area contributed by atoms with Crippen LogP contribution in [0.2, 0.25) is 0 Å². The maximum Gasteiger partial charge on any atom is 0.311 e. The molecule has 1 atom stereocenters. The number of hydrogen-bond donors (Lipinski definition) is 2. The molecular weight excluding hydrogens is 360 g/mol. The Morgan fingerprint density at radius 1 is 1.00 bits per heavy atom. The molecule has 0 amide bonds. The van der Waals surface area contributed by atoms with E-state index < -0.39 is 11.9 Å². The van der Waals surface area contributed by atoms with Crippen LogP contribution in [-0.2, 0) is 9.59 Å². The molecule has 0 saturated carbocycles. The molecule has 0 spiro atoms. The second-order valence-corrected chi connectivity index (χ2v) is 7.80. The first-order valence-corrected chi connectivity index (χ1v) is 10.7. The number of carboxylic acid groups (broad SMARTS) is 1. The fraction of sp³-hybridized carbons (Fsp3) is 0.545. The largest absolute Gasteiger partial charge is 0.481 e. The normalized spacial score (nSPS) is 12.8. The zero-order chi connectivity index (χ0) is 19.7. The van der Waals surface area contributed by atoms with Gasteiger partial charge in [0, 0.05) is 22.8 Å². The van der Waals surface area contributed by atoms with Crippen molar-refractivity contribution in [3.8, 4) is 0 Å². The van der Waals surface area contributed by atoms with Gasteiger partial charge in [-0.3, -0.25) is 4.79 Å². The third-order valence-electron chi connectivity index (χ3n) is 4.40. The molecule has 0 bridgehead atoms. The average Bonchev–Trinajstić information content (AvgIpc) is 3.11. The number of carbonyl (C=O) groups excluding carboxylic acids is 1. The van der Waals surface area contributed by atoms with Crippen molar-refractivity contribution < 1.29 is 19.8 Å². The zero-order valence-electron chi connectivity index (χ0n) is 16.0. The van der Waals surface area contributed by atoms with E-state index in [2.05, 4.69) is 6.08 Å². The molecule has 0 saturated heterocycles. The van der Waals surface area contributed by atoms with Gasteiger partial charge in [0.05, 0.1) is 5.92 Å². The maximum absolute atomic E-state index is 11.3. The van der Waals surface area contributed by atoms with Crippen molar-refractivity contribution in [2.45, 2.75) is 70.1 Å². The van der Waals surface area contributed by atoms with Crippen LogP contribution in [-0.4, -0.2) is 29.1 Å². The van der Waals surface area contributed by atoms with E-state index in [0.29, 0.717) is 13.0 Å². The summed E-state index contributed by atoms with van der Waals surface area (Å²) in [5, 5.41) is 18.0. The van der Waals surface area contributed by atoms with E-state index in [0.717, 1.165) is 35.3 Å². The number of thiophene rings is 1. The second kappa shape index (κ2) is 15.3. The molecule has 0 aromatic carbocycles. The molecule has 1 heterocycles. The lowest BCUT2D eigenvalue weighted by molar-refractivity contribution is -0.138. The number of carbonyl (C=O) groups is 2. The van der Waals surface area contributed by atoms with Gasteiger partial charge in [-0.15, -0.1) is 11.3 Å². The van der Waals surface area contributed by atoms with Gasteiger partial charge in [-0.1, -0.05) is 50.3 Å². The first kappa shape index (κ1) is 23.3. The molecule has 4 nitrogen and oxygen atoms in total. The third-order valence-corrected chi connectivity index (χ3v) is 5.56. The Balaban J connectivity index is 2.25. The van der Waals surface area contributed by atoms with E-state index in [1.807, 2.05) is 30.4 Å². The summed E-state index contributed by atoms with van der Waals surface area (Å²) in [5.41, 5.74) is 0. The van der Waals surface area contributed by atoms with Crippen LogP contribution in [0.3, 0.4) is 0 Å². The van der Waals surface area contributed by atoms with Crippen molar-refractivity contribution in [1.29, 1.82) is 0 Å². The summed E-state index contributed by atoms with van der Waals surface area (Å²) in [6, 6.07) is 3.77. The first-order chi connectivity index (χ1) is 13.2. The van der Waals surface area contributed by atoms with Gasteiger partial charge < -0.3 is 15.0 Å². The van der Waals surface area contributed by atoms with Crippen LogP contribution in [0, 0.1) is 0 Å². The minimum Gasteiger partial charge on any atom is -0.481 e. The summed E-state index contributed by atoms with van der Waals surface area (Å²) in [6.45, 7) is 0.311. The van der Waals surface area contributed by atoms with Crippen molar-refractivity contribution in [3.63, 3.8) is 0 Å². The zero-order valence-corrected chi connectivity index (χ0v) is 16.8. The van der Waals surface area contributed by atoms with E-state index in [1.54, 1.807) is 0 Å². The number of hydrogen-bond acceptors (Lipinski definition) is 4. The van der Waals surface area contributed by atoms with Crippen molar-refractivity contribution in [2.24, 2.45) is 0 Å². The Kier molecular flexibility index (Phi) is 13.3. The van der Waals surface area contributed by atoms with Crippen LogP contribution >= 0.6 is 11.3 Å². The highest BCUT2D eigenvalue weighted by atomic mass is 32.1. The molecule has 2 N–H and O–H groups in total. The van der Waals surface area contributed by atoms with Crippen LogP contribution in [0.25, 0.3) is 6.08 Å². The van der Waals surface area contributed by atoms with Gasteiger partial charge in [-0.2, -0.15) is 0 Å². The monoisotopic (exact) mass is 392 g/mol. The third kappa shape index (κ3) is 10.9. The SMILES string of the molecule is O=CCCC(C(=O)O)c1ccc(C=CC=CCCCCCCCCCO)s1. The van der Waals surface area contributed by atoms with Crippen molar-refractivity contribution in [1.82, 2.24) is 0 Å². The lowest BCUT2D eigenvalue weighted by Crippen LogP contribution is -2.10. The Labute approximate surface area is 166 Å². The fourth-order valence-electron chi connectivity index (χ4n) is 2.85. The van der Waals surface area contributed by atoms with Gasteiger partial charge in [0.1, 0.15) is 6.29 Å². The lowest BCUT2D eigenvalue weighted by Gasteiger charge is -2.07. The summed E-state index contributed by atoms with van der Waals surface area (Å²) in [6.07, 6.45) is 18.9. The molecule has 150 valence electrons. The number of aliphatic hydroxyl groups excluding tert-OH is 1. The lowest BCUT2D eigenvalue weighted by atomic mass is 10.0. The molecule has 5 heteroatoms. The summed E-state index contributed by atoms with van der Waals surface area (Å²) >= 11 is 1.47. The maximum atomic E-state index is 11.3. The number of rotatable bonds is 16. The number of carboxylic acids is 1. The van der Waals surface area contributed by atoms with E-state index in [4.69, 9.17) is 5.11 Å². The van der Waals surface area contributed by atoms with Gasteiger partial charge in [0.25, 0.3) is 0 Å². The van der Waals surface area contributed by atoms with Gasteiger partial charge in [0.15, 0.2) is 0 Å². The number of allylic oxidation sites excluding steroid dienone is 3. The predicted molar refractivity (Wildman–Crippen MR) is 112 cm³/mol. The van der Waals surface area contributed by atoms with Gasteiger partial charge >= 0.3 is 5.97 Å². The highest BCUT2D eigenvalue weighted by Crippen LogP contribution is 2.29. The van der Waals surface area contributed by atoms with Crippen molar-refractivity contribution in [3.05, 3.63) is 40.1 Å². The Bertz CT molecular complexity index is 589. The molecule has 0 radical (unpaired) electrons. The van der Waals surface area contributed by atoms with Crippen LogP contribution in [0.15, 0.2) is 30.4 Å². The van der Waals surface area contributed by atoms with Crippen molar-refractivity contribution >= 4 is 29.7 Å². The first-order valence-electron chi connectivity index (χ1n) is 9.89. The van der Waals surface area contributed by atoms with E-state index >= 15 is 0 Å². The second-order valence-electron chi connectivity index (χ2n) is 6.65. The molecule has 0 fully saturated rings. The number of aliphatic hydroxyl groups is 1. The molecule has 1 unspecified atom stereocenters. The fourth-order valence-corrected chi connectivity index (χ4v) is 3.90. The Hall–Kier alpha value is -1.72. The van der Waals surface area contributed by atoms with Crippen LogP contribution in [0.1, 0.15) is 79.9 Å². The molecule has 1 rings (SSSR count). The highest BCUT2D eigenvalue weighted by molar-refractivity contribution is 7.13. The molecule has 0 aliphatic carbocycles. The molecular formula is C22H32O4S. The van der Waals surface area contributed by atoms with Crippen molar-refractivity contribution in [2.75, 3.05) is 6.61 Å². The molecule has 0 aliphatic rings. The summed E-state index contributed by atoms with van der Waals surface area (Å²) in [7, 11) is 0. The van der Waals surface area contributed by atoms with Crippen LogP contribution < -0.4 is 0 Å². The highest BCUT2D eigenvalue weighted by Gasteiger charge is 2.20. The molecule has 0 aliphatic heterocycles. The topological polar surface area (TPSA) is 74.6 Å². The van der Waals surface area contributed by atoms with Gasteiger partial charge in [0.2, 0.25) is 0 Å². The van der Waals surface area contributed by atoms with Crippen LogP contribution in [0.4, 0.5) is 0 Å². The van der Waals surface area contributed by atoms with Crippen LogP contribution in [0.5, 0.6) is 0 Å². The predicted octanol–water partition coefficient (Wildman–Crippen LogP) is 5.58. The van der Waals surface area contributed by atoms with E-state index in [-0.39, 0.29) is 6.42 Å². The minimum atomic E-state index is -0.873. The molecule has 1 aromatic heterocycles. The Morgan fingerprint density at radius 3 is 2.37 bits per heavy atom. The minimum absolute atomic E-state index is 0.269. The smallest absolute Gasteiger partial charge is 0.311 e. The van der Waals surface area contributed by atoms with E-state index in [9.17, 15) is 14.7 Å². The molecule has 1 aromatic rings. The quantitative estimate of drug-likeness (QED) is 0.219. The molecule has 27 heavy (non-hydrogen) atoms. The average molecular weight is 393 g/mol. The number of aldehydes is 1. The van der Waals surface area contributed by atoms with Gasteiger partial charge in [-0.25, -0.2) is 0 Å². The standard InChI is InChI=1S/C22H32O4S/c23-17-11-9-7-5-3-1-2-4-6-8-10-13-19-15-16-21(27-19)20(22(25)26)14-12-18-24/h6,8,10,13,15-16,18,20,23H,1-5,7,9,11-12,14,17H2,(H,25,26). The van der Waals surface area contributed by atoms with E-state index in [1.165, 1.54) is 43.4 Å². The Morgan fingerprint density at radius 2 is 1.70 bits per heavy atom. The summed E-state index contributed by atoms with van der Waals surface area (Å²) < 4.78 is 0. The summed E-state index contributed by atoms with van der Waals surface area (Å²) in [5.74, 6) is -1.47. The summed E-state index contributed by atoms with van der Waals surface area (Å²) in [4.78, 5) is 23.7. The number of aliphatic carboxylic acids is 1.